The van der Waals surface area contributed by atoms with E-state index in [1.165, 1.54) is 36.3 Å². The Morgan fingerprint density at radius 1 is 1.37 bits per heavy atom. The third kappa shape index (κ3) is 4.50. The van der Waals surface area contributed by atoms with E-state index in [1.54, 1.807) is 0 Å². The number of nitrogens with one attached hydrogen (secondary N) is 1. The Bertz CT molecular complexity index is 358. The second kappa shape index (κ2) is 7.91. The standard InChI is InChI=1S/C16H26N2S/c1-3-13-8-9-14(18-12-13)11-15(17-4-2)16-7-5-6-10-19-16/h8-9,12,15-17H,3-7,10-11H2,1-2H3. The van der Waals surface area contributed by atoms with Crippen LogP contribution in [0.4, 0.5) is 0 Å². The van der Waals surface area contributed by atoms with Crippen molar-refractivity contribution in [2.75, 3.05) is 12.3 Å². The summed E-state index contributed by atoms with van der Waals surface area (Å²) in [5.74, 6) is 1.33. The summed E-state index contributed by atoms with van der Waals surface area (Å²) in [4.78, 5) is 4.62. The van der Waals surface area contributed by atoms with Crippen molar-refractivity contribution in [3.8, 4) is 0 Å². The van der Waals surface area contributed by atoms with Crippen LogP contribution in [0.25, 0.3) is 0 Å². The molecule has 0 amide bonds. The van der Waals surface area contributed by atoms with Gasteiger partial charge in [-0.05, 0) is 43.2 Å². The van der Waals surface area contributed by atoms with Crippen molar-refractivity contribution >= 4 is 11.8 Å². The number of pyridine rings is 1. The maximum atomic E-state index is 4.62. The lowest BCUT2D eigenvalue weighted by Gasteiger charge is -2.30. The number of aromatic nitrogens is 1. The maximum absolute atomic E-state index is 4.62. The van der Waals surface area contributed by atoms with Crippen molar-refractivity contribution in [2.24, 2.45) is 0 Å². The Balaban J connectivity index is 1.97. The minimum Gasteiger partial charge on any atom is -0.313 e. The van der Waals surface area contributed by atoms with Crippen molar-refractivity contribution in [2.45, 2.75) is 57.2 Å². The predicted octanol–water partition coefficient (Wildman–Crippen LogP) is 3.45. The Morgan fingerprint density at radius 3 is 2.84 bits per heavy atom. The van der Waals surface area contributed by atoms with Gasteiger partial charge in [-0.25, -0.2) is 0 Å². The molecular weight excluding hydrogens is 252 g/mol. The highest BCUT2D eigenvalue weighted by atomic mass is 32.2. The molecule has 1 N–H and O–H groups in total. The molecule has 0 saturated carbocycles. The van der Waals surface area contributed by atoms with Crippen LogP contribution >= 0.6 is 11.8 Å². The van der Waals surface area contributed by atoms with Crippen molar-refractivity contribution in [3.63, 3.8) is 0 Å². The average Bonchev–Trinajstić information content (AvgIpc) is 2.48. The van der Waals surface area contributed by atoms with E-state index in [2.05, 4.69) is 48.0 Å². The third-order valence-corrected chi connectivity index (χ3v) is 5.37. The molecule has 1 aromatic heterocycles. The van der Waals surface area contributed by atoms with Gasteiger partial charge < -0.3 is 5.32 Å². The zero-order valence-electron chi connectivity index (χ0n) is 12.2. The van der Waals surface area contributed by atoms with Gasteiger partial charge in [-0.3, -0.25) is 4.98 Å². The second-order valence-electron chi connectivity index (χ2n) is 5.28. The fourth-order valence-electron chi connectivity index (χ4n) is 2.69. The summed E-state index contributed by atoms with van der Waals surface area (Å²) in [6.45, 7) is 5.43. The fourth-order valence-corrected chi connectivity index (χ4v) is 4.12. The third-order valence-electron chi connectivity index (χ3n) is 3.85. The minimum absolute atomic E-state index is 0.579. The number of likely N-dealkylation sites (N-methyl/N-ethyl adjacent to an activating group) is 1. The largest absolute Gasteiger partial charge is 0.313 e. The highest BCUT2D eigenvalue weighted by molar-refractivity contribution is 8.00. The van der Waals surface area contributed by atoms with E-state index in [0.717, 1.165) is 24.6 Å². The summed E-state index contributed by atoms with van der Waals surface area (Å²) in [6.07, 6.45) is 8.31. The van der Waals surface area contributed by atoms with E-state index < -0.39 is 0 Å². The Hall–Kier alpha value is -0.540. The van der Waals surface area contributed by atoms with Crippen molar-refractivity contribution < 1.29 is 0 Å². The smallest absolute Gasteiger partial charge is 0.0419 e. The summed E-state index contributed by atoms with van der Waals surface area (Å²) < 4.78 is 0. The predicted molar refractivity (Wildman–Crippen MR) is 84.9 cm³/mol. The molecule has 3 heteroatoms. The van der Waals surface area contributed by atoms with Crippen LogP contribution < -0.4 is 5.32 Å². The van der Waals surface area contributed by atoms with Crippen LogP contribution in [-0.4, -0.2) is 28.6 Å². The van der Waals surface area contributed by atoms with Gasteiger partial charge in [0, 0.05) is 29.6 Å². The average molecular weight is 278 g/mol. The topological polar surface area (TPSA) is 24.9 Å². The number of thioether (sulfide) groups is 1. The van der Waals surface area contributed by atoms with Crippen LogP contribution in [0.15, 0.2) is 18.3 Å². The van der Waals surface area contributed by atoms with E-state index in [4.69, 9.17) is 0 Å². The van der Waals surface area contributed by atoms with E-state index in [9.17, 15) is 0 Å². The molecule has 1 saturated heterocycles. The monoisotopic (exact) mass is 278 g/mol. The molecule has 2 rings (SSSR count). The van der Waals surface area contributed by atoms with Crippen LogP contribution in [0, 0.1) is 0 Å². The molecule has 106 valence electrons. The van der Waals surface area contributed by atoms with Crippen LogP contribution in [0.3, 0.4) is 0 Å². The van der Waals surface area contributed by atoms with Gasteiger partial charge in [0.1, 0.15) is 0 Å². The molecule has 2 heterocycles. The first kappa shape index (κ1) is 14.9. The molecule has 0 aliphatic carbocycles. The van der Waals surface area contributed by atoms with Crippen LogP contribution in [0.1, 0.15) is 44.4 Å². The Labute approximate surface area is 121 Å². The number of hydrogen-bond donors (Lipinski definition) is 1. The molecule has 1 aliphatic rings. The van der Waals surface area contributed by atoms with E-state index in [1.807, 2.05) is 6.20 Å². The molecule has 0 spiro atoms. The van der Waals surface area contributed by atoms with Gasteiger partial charge in [0.2, 0.25) is 0 Å². The highest BCUT2D eigenvalue weighted by Crippen LogP contribution is 2.28. The SMILES string of the molecule is CCNC(Cc1ccc(CC)cn1)C1CCCCS1. The fraction of sp³-hybridized carbons (Fsp3) is 0.688. The van der Waals surface area contributed by atoms with Gasteiger partial charge in [-0.2, -0.15) is 11.8 Å². The summed E-state index contributed by atoms with van der Waals surface area (Å²) in [7, 11) is 0. The number of aryl methyl sites for hydroxylation is 1. The molecule has 0 bridgehead atoms. The van der Waals surface area contributed by atoms with Gasteiger partial charge in [0.05, 0.1) is 0 Å². The second-order valence-corrected chi connectivity index (χ2v) is 6.63. The van der Waals surface area contributed by atoms with Gasteiger partial charge in [-0.1, -0.05) is 26.3 Å². The molecule has 1 fully saturated rings. The first-order valence-corrected chi connectivity index (χ1v) is 8.67. The minimum atomic E-state index is 0.579. The molecule has 19 heavy (non-hydrogen) atoms. The first-order valence-electron chi connectivity index (χ1n) is 7.62. The Kier molecular flexibility index (Phi) is 6.18. The number of nitrogens with zero attached hydrogens (tertiary/aromatic N) is 1. The zero-order valence-corrected chi connectivity index (χ0v) is 13.0. The lowest BCUT2D eigenvalue weighted by atomic mass is 10.0. The maximum Gasteiger partial charge on any atom is 0.0419 e. The van der Waals surface area contributed by atoms with Crippen LogP contribution in [0.5, 0.6) is 0 Å². The first-order chi connectivity index (χ1) is 9.33. The molecule has 0 radical (unpaired) electrons. The molecular formula is C16H26N2S. The van der Waals surface area contributed by atoms with Crippen LogP contribution in [0.2, 0.25) is 0 Å². The van der Waals surface area contributed by atoms with Gasteiger partial charge in [-0.15, -0.1) is 0 Å². The molecule has 2 atom stereocenters. The summed E-state index contributed by atoms with van der Waals surface area (Å²) in [5.41, 5.74) is 2.56. The summed E-state index contributed by atoms with van der Waals surface area (Å²) in [5, 5.41) is 4.43. The quantitative estimate of drug-likeness (QED) is 0.862. The number of hydrogen-bond acceptors (Lipinski definition) is 3. The zero-order chi connectivity index (χ0) is 13.5. The number of rotatable bonds is 6. The van der Waals surface area contributed by atoms with E-state index >= 15 is 0 Å². The van der Waals surface area contributed by atoms with E-state index in [0.29, 0.717) is 6.04 Å². The lowest BCUT2D eigenvalue weighted by Crippen LogP contribution is -2.41. The molecule has 2 nitrogen and oxygen atoms in total. The van der Waals surface area contributed by atoms with Crippen molar-refractivity contribution in [1.82, 2.24) is 10.3 Å². The molecule has 0 aromatic carbocycles. The van der Waals surface area contributed by atoms with Crippen molar-refractivity contribution in [1.29, 1.82) is 0 Å². The van der Waals surface area contributed by atoms with Gasteiger partial charge in [0.25, 0.3) is 0 Å². The summed E-state index contributed by atoms with van der Waals surface area (Å²) >= 11 is 2.15. The molecule has 2 unspecified atom stereocenters. The Morgan fingerprint density at radius 2 is 2.26 bits per heavy atom. The molecule has 1 aliphatic heterocycles. The summed E-state index contributed by atoms with van der Waals surface area (Å²) in [6, 6.07) is 5.01. The van der Waals surface area contributed by atoms with Gasteiger partial charge >= 0.3 is 0 Å². The molecule has 1 aromatic rings. The van der Waals surface area contributed by atoms with Crippen molar-refractivity contribution in [3.05, 3.63) is 29.6 Å². The van der Waals surface area contributed by atoms with E-state index in [-0.39, 0.29) is 0 Å². The highest BCUT2D eigenvalue weighted by Gasteiger charge is 2.23. The normalized spacial score (nSPS) is 21.3. The lowest BCUT2D eigenvalue weighted by molar-refractivity contribution is 0.468. The van der Waals surface area contributed by atoms with Crippen LogP contribution in [-0.2, 0) is 12.8 Å². The van der Waals surface area contributed by atoms with Gasteiger partial charge in [0.15, 0.2) is 0 Å².